The Morgan fingerprint density at radius 3 is 2.40 bits per heavy atom. The number of rotatable bonds is 3. The van der Waals surface area contributed by atoms with Crippen LogP contribution in [0.4, 0.5) is 19.0 Å². The Labute approximate surface area is 120 Å². The van der Waals surface area contributed by atoms with E-state index in [1.807, 2.05) is 4.90 Å². The van der Waals surface area contributed by atoms with Crippen LogP contribution in [0.15, 0.2) is 18.3 Å². The van der Waals surface area contributed by atoms with Crippen molar-refractivity contribution in [2.45, 2.75) is 23.8 Å². The highest BCUT2D eigenvalue weighted by Gasteiger charge is 2.34. The summed E-state index contributed by atoms with van der Waals surface area (Å²) in [5.74, 6) is 0.602. The lowest BCUT2D eigenvalue weighted by Gasteiger charge is -2.40. The number of aromatic nitrogens is 1. The number of hydrogen-bond donors (Lipinski definition) is 1. The molecule has 3 nitrogen and oxygen atoms in total. The van der Waals surface area contributed by atoms with Crippen molar-refractivity contribution in [3.8, 4) is 0 Å². The highest BCUT2D eigenvalue weighted by molar-refractivity contribution is 8.00. The van der Waals surface area contributed by atoms with Crippen molar-refractivity contribution in [2.24, 2.45) is 5.73 Å². The van der Waals surface area contributed by atoms with E-state index in [0.717, 1.165) is 38.2 Å². The van der Waals surface area contributed by atoms with E-state index in [1.54, 1.807) is 11.8 Å². The summed E-state index contributed by atoms with van der Waals surface area (Å²) < 4.78 is 37.6. The summed E-state index contributed by atoms with van der Waals surface area (Å²) in [6.45, 7) is 2.18. The minimum absolute atomic E-state index is 0.0996. The van der Waals surface area contributed by atoms with Crippen molar-refractivity contribution in [2.75, 3.05) is 30.8 Å². The molecule has 1 saturated heterocycles. The fourth-order valence-corrected chi connectivity index (χ4v) is 3.13. The molecule has 1 aromatic heterocycles. The number of nitrogens with zero attached hydrogens (tertiary/aromatic N) is 2. The first-order valence-corrected chi connectivity index (χ1v) is 7.66. The van der Waals surface area contributed by atoms with Crippen LogP contribution in [-0.2, 0) is 6.18 Å². The molecule has 2 heterocycles. The number of alkyl halides is 3. The highest BCUT2D eigenvalue weighted by atomic mass is 32.2. The summed E-state index contributed by atoms with van der Waals surface area (Å²) in [5, 5.41) is 0. The lowest BCUT2D eigenvalue weighted by atomic mass is 9.96. The molecule has 0 amide bonds. The Bertz CT molecular complexity index is 433. The van der Waals surface area contributed by atoms with Crippen LogP contribution >= 0.6 is 11.8 Å². The molecule has 2 N–H and O–H groups in total. The normalized spacial score (nSPS) is 19.1. The summed E-state index contributed by atoms with van der Waals surface area (Å²) in [6.07, 6.45) is 0.468. The van der Waals surface area contributed by atoms with Gasteiger partial charge in [-0.2, -0.15) is 24.9 Å². The van der Waals surface area contributed by atoms with Crippen LogP contribution in [0.2, 0.25) is 0 Å². The van der Waals surface area contributed by atoms with Crippen LogP contribution in [0.25, 0.3) is 0 Å². The maximum absolute atomic E-state index is 12.5. The number of hydrogen-bond acceptors (Lipinski definition) is 4. The lowest BCUT2D eigenvalue weighted by Crippen LogP contribution is -2.46. The quantitative estimate of drug-likeness (QED) is 0.932. The summed E-state index contributed by atoms with van der Waals surface area (Å²) in [4.78, 5) is 5.95. The number of pyridine rings is 1. The number of halogens is 3. The first-order chi connectivity index (χ1) is 9.40. The van der Waals surface area contributed by atoms with Gasteiger partial charge in [-0.05, 0) is 31.2 Å². The zero-order valence-corrected chi connectivity index (χ0v) is 12.1. The molecule has 1 fully saturated rings. The predicted octanol–water partition coefficient (Wildman–Crippen LogP) is 2.76. The molecule has 0 spiro atoms. The minimum atomic E-state index is -4.33. The molecule has 0 bridgehead atoms. The van der Waals surface area contributed by atoms with Gasteiger partial charge in [-0.1, -0.05) is 0 Å². The van der Waals surface area contributed by atoms with Gasteiger partial charge in [0.2, 0.25) is 0 Å². The van der Waals surface area contributed by atoms with E-state index in [4.69, 9.17) is 5.73 Å². The minimum Gasteiger partial charge on any atom is -0.357 e. The molecule has 7 heteroatoms. The molecular weight excluding hydrogens is 287 g/mol. The van der Waals surface area contributed by atoms with E-state index in [1.165, 1.54) is 6.07 Å². The second-order valence-electron chi connectivity index (χ2n) is 4.98. The Morgan fingerprint density at radius 2 is 2.00 bits per heavy atom. The maximum atomic E-state index is 12.5. The van der Waals surface area contributed by atoms with Crippen LogP contribution in [0.1, 0.15) is 18.4 Å². The van der Waals surface area contributed by atoms with E-state index < -0.39 is 11.7 Å². The average Bonchev–Trinajstić information content (AvgIpc) is 2.47. The molecular formula is C13H18F3N3S. The van der Waals surface area contributed by atoms with Gasteiger partial charge in [0.05, 0.1) is 5.56 Å². The smallest absolute Gasteiger partial charge is 0.357 e. The number of nitrogens with two attached hydrogens (primary N) is 1. The fraction of sp³-hybridized carbons (Fsp3) is 0.615. The zero-order chi connectivity index (χ0) is 14.8. The molecule has 0 radical (unpaired) electrons. The molecule has 0 unspecified atom stereocenters. The standard InChI is InChI=1S/C13H18F3N3S/c1-20-12(9-17)4-6-19(7-5-12)11-3-2-10(8-18-11)13(14,15)16/h2-3,8H,4-7,9,17H2,1H3. The molecule has 1 aliphatic heterocycles. The Kier molecular flexibility index (Phi) is 4.49. The second-order valence-corrected chi connectivity index (χ2v) is 6.26. The molecule has 0 aromatic carbocycles. The van der Waals surface area contributed by atoms with Gasteiger partial charge in [0.1, 0.15) is 5.82 Å². The SMILES string of the molecule is CSC1(CN)CCN(c2ccc(C(F)(F)F)cn2)CC1. The van der Waals surface area contributed by atoms with Crippen molar-refractivity contribution < 1.29 is 13.2 Å². The highest BCUT2D eigenvalue weighted by Crippen LogP contribution is 2.35. The van der Waals surface area contributed by atoms with Crippen LogP contribution in [0.3, 0.4) is 0 Å². The topological polar surface area (TPSA) is 42.1 Å². The van der Waals surface area contributed by atoms with E-state index in [-0.39, 0.29) is 4.75 Å². The van der Waals surface area contributed by atoms with E-state index in [0.29, 0.717) is 12.4 Å². The molecule has 0 atom stereocenters. The van der Waals surface area contributed by atoms with Crippen LogP contribution in [-0.4, -0.2) is 35.6 Å². The first-order valence-electron chi connectivity index (χ1n) is 6.44. The molecule has 0 saturated carbocycles. The Balaban J connectivity index is 2.04. The number of anilines is 1. The molecule has 1 aromatic rings. The van der Waals surface area contributed by atoms with Crippen molar-refractivity contribution in [3.63, 3.8) is 0 Å². The maximum Gasteiger partial charge on any atom is 0.417 e. The second kappa shape index (κ2) is 5.81. The lowest BCUT2D eigenvalue weighted by molar-refractivity contribution is -0.137. The monoisotopic (exact) mass is 305 g/mol. The summed E-state index contributed by atoms with van der Waals surface area (Å²) in [7, 11) is 0. The van der Waals surface area contributed by atoms with Gasteiger partial charge >= 0.3 is 6.18 Å². The third kappa shape index (κ3) is 3.20. The van der Waals surface area contributed by atoms with Crippen molar-refractivity contribution in [1.29, 1.82) is 0 Å². The molecule has 2 rings (SSSR count). The zero-order valence-electron chi connectivity index (χ0n) is 11.3. The van der Waals surface area contributed by atoms with Crippen LogP contribution in [0, 0.1) is 0 Å². The molecule has 20 heavy (non-hydrogen) atoms. The predicted molar refractivity (Wildman–Crippen MR) is 76.0 cm³/mol. The van der Waals surface area contributed by atoms with Gasteiger partial charge in [-0.25, -0.2) is 4.98 Å². The van der Waals surface area contributed by atoms with Crippen molar-refractivity contribution in [1.82, 2.24) is 4.98 Å². The van der Waals surface area contributed by atoms with Gasteiger partial charge in [-0.15, -0.1) is 0 Å². The molecule has 0 aliphatic carbocycles. The molecule has 112 valence electrons. The Hall–Kier alpha value is -0.950. The number of thioether (sulfide) groups is 1. The van der Waals surface area contributed by atoms with E-state index in [2.05, 4.69) is 11.2 Å². The van der Waals surface area contributed by atoms with Gasteiger partial charge in [-0.3, -0.25) is 0 Å². The summed E-state index contributed by atoms with van der Waals surface area (Å²) in [6, 6.07) is 2.53. The van der Waals surface area contributed by atoms with Gasteiger partial charge in [0.25, 0.3) is 0 Å². The fourth-order valence-electron chi connectivity index (χ4n) is 2.38. The van der Waals surface area contributed by atoms with Crippen molar-refractivity contribution >= 4 is 17.6 Å². The van der Waals surface area contributed by atoms with Crippen molar-refractivity contribution in [3.05, 3.63) is 23.9 Å². The first kappa shape index (κ1) is 15.4. The van der Waals surface area contributed by atoms with E-state index >= 15 is 0 Å². The third-order valence-corrected chi connectivity index (χ3v) is 5.32. The largest absolute Gasteiger partial charge is 0.417 e. The van der Waals surface area contributed by atoms with Gasteiger partial charge in [0, 0.05) is 30.6 Å². The van der Waals surface area contributed by atoms with E-state index in [9.17, 15) is 13.2 Å². The van der Waals surface area contributed by atoms with Gasteiger partial charge < -0.3 is 10.6 Å². The Morgan fingerprint density at radius 1 is 1.35 bits per heavy atom. The summed E-state index contributed by atoms with van der Waals surface area (Å²) >= 11 is 1.78. The molecule has 1 aliphatic rings. The average molecular weight is 305 g/mol. The van der Waals surface area contributed by atoms with Crippen LogP contribution < -0.4 is 10.6 Å². The van der Waals surface area contributed by atoms with Gasteiger partial charge in [0.15, 0.2) is 0 Å². The summed E-state index contributed by atoms with van der Waals surface area (Å²) in [5.41, 5.74) is 5.11. The third-order valence-electron chi connectivity index (χ3n) is 3.88. The van der Waals surface area contributed by atoms with Crippen LogP contribution in [0.5, 0.6) is 0 Å². The number of piperidine rings is 1.